The number of rotatable bonds is 6. The summed E-state index contributed by atoms with van der Waals surface area (Å²) in [5, 5.41) is 12.7. The summed E-state index contributed by atoms with van der Waals surface area (Å²) in [6, 6.07) is 8.10. The summed E-state index contributed by atoms with van der Waals surface area (Å²) >= 11 is 1.57. The molecule has 1 fully saturated rings. The van der Waals surface area contributed by atoms with Crippen molar-refractivity contribution in [2.75, 3.05) is 7.11 Å². The third-order valence-corrected chi connectivity index (χ3v) is 4.56. The molecule has 23 heavy (non-hydrogen) atoms. The van der Waals surface area contributed by atoms with Gasteiger partial charge in [-0.3, -0.25) is 0 Å². The van der Waals surface area contributed by atoms with E-state index in [1.165, 1.54) is 0 Å². The van der Waals surface area contributed by atoms with Gasteiger partial charge in [0, 0.05) is 11.3 Å². The number of hydrogen-bond donors (Lipinski definition) is 0. The predicted molar refractivity (Wildman–Crippen MR) is 84.1 cm³/mol. The van der Waals surface area contributed by atoms with Crippen molar-refractivity contribution < 1.29 is 9.15 Å². The lowest BCUT2D eigenvalue weighted by molar-refractivity contribution is 0.415. The molecule has 0 saturated heterocycles. The van der Waals surface area contributed by atoms with Gasteiger partial charge < -0.3 is 9.15 Å². The van der Waals surface area contributed by atoms with Crippen molar-refractivity contribution in [1.29, 1.82) is 0 Å². The van der Waals surface area contributed by atoms with Gasteiger partial charge in [0.2, 0.25) is 11.0 Å². The maximum atomic E-state index is 5.56. The quantitative estimate of drug-likeness (QED) is 0.643. The molecule has 0 spiro atoms. The first-order valence-corrected chi connectivity index (χ1v) is 8.31. The zero-order chi connectivity index (χ0) is 15.6. The minimum Gasteiger partial charge on any atom is -0.497 e. The highest BCUT2D eigenvalue weighted by atomic mass is 32.2. The second-order valence-electron chi connectivity index (χ2n) is 5.30. The van der Waals surface area contributed by atoms with E-state index in [0.29, 0.717) is 17.7 Å². The highest BCUT2D eigenvalue weighted by Crippen LogP contribution is 2.37. The maximum Gasteiger partial charge on any atom is 0.226 e. The third kappa shape index (κ3) is 3.07. The van der Waals surface area contributed by atoms with Crippen LogP contribution in [0.1, 0.15) is 24.6 Å². The fourth-order valence-electron chi connectivity index (χ4n) is 2.21. The van der Waals surface area contributed by atoms with Crippen LogP contribution in [0, 0.1) is 0 Å². The molecule has 0 aliphatic heterocycles. The topological polar surface area (TPSA) is 78.9 Å². The molecule has 7 nitrogen and oxygen atoms in total. The Bertz CT molecular complexity index is 794. The molecule has 1 saturated carbocycles. The Morgan fingerprint density at radius 1 is 1.30 bits per heavy atom. The monoisotopic (exact) mass is 329 g/mol. The van der Waals surface area contributed by atoms with Crippen LogP contribution >= 0.6 is 11.8 Å². The van der Waals surface area contributed by atoms with E-state index in [9.17, 15) is 0 Å². The molecule has 3 aromatic rings. The van der Waals surface area contributed by atoms with Crippen molar-refractivity contribution in [1.82, 2.24) is 25.2 Å². The zero-order valence-electron chi connectivity index (χ0n) is 12.5. The molecule has 0 unspecified atom stereocenters. The molecule has 0 N–H and O–H groups in total. The van der Waals surface area contributed by atoms with Crippen LogP contribution in [0.5, 0.6) is 5.75 Å². The van der Waals surface area contributed by atoms with Crippen molar-refractivity contribution in [2.45, 2.75) is 29.8 Å². The van der Waals surface area contributed by atoms with E-state index in [1.807, 2.05) is 28.9 Å². The molecule has 0 bridgehead atoms. The summed E-state index contributed by atoms with van der Waals surface area (Å²) in [5.41, 5.74) is 1.79. The minimum atomic E-state index is 0.472. The van der Waals surface area contributed by atoms with Gasteiger partial charge >= 0.3 is 0 Å². The van der Waals surface area contributed by atoms with Gasteiger partial charge in [-0.05, 0) is 47.5 Å². The first-order valence-electron chi connectivity index (χ1n) is 7.33. The number of ether oxygens (including phenoxy) is 1. The molecule has 0 radical (unpaired) electrons. The first kappa shape index (κ1) is 14.3. The highest BCUT2D eigenvalue weighted by molar-refractivity contribution is 7.98. The Balaban J connectivity index is 1.44. The SMILES string of the molecule is COc1ccc(-c2nc(CSc3nnnn3C3CC3)co2)cc1. The number of thioether (sulfide) groups is 1. The molecule has 1 aromatic carbocycles. The lowest BCUT2D eigenvalue weighted by Gasteiger charge is -2.00. The van der Waals surface area contributed by atoms with Crippen LogP contribution in [0.3, 0.4) is 0 Å². The Labute approximate surface area is 137 Å². The van der Waals surface area contributed by atoms with Crippen molar-refractivity contribution in [2.24, 2.45) is 0 Å². The molecule has 1 aliphatic rings. The van der Waals surface area contributed by atoms with Gasteiger partial charge in [0.25, 0.3) is 0 Å². The van der Waals surface area contributed by atoms with E-state index in [1.54, 1.807) is 25.1 Å². The zero-order valence-corrected chi connectivity index (χ0v) is 13.4. The van der Waals surface area contributed by atoms with E-state index in [2.05, 4.69) is 20.5 Å². The van der Waals surface area contributed by atoms with Crippen LogP contribution in [-0.4, -0.2) is 32.3 Å². The highest BCUT2D eigenvalue weighted by Gasteiger charge is 2.27. The Kier molecular flexibility index (Phi) is 3.74. The summed E-state index contributed by atoms with van der Waals surface area (Å²) in [4.78, 5) is 4.52. The number of aromatic nitrogens is 5. The lowest BCUT2D eigenvalue weighted by atomic mass is 10.2. The minimum absolute atomic E-state index is 0.472. The van der Waals surface area contributed by atoms with E-state index in [-0.39, 0.29) is 0 Å². The molecule has 0 amide bonds. The molecule has 2 heterocycles. The van der Waals surface area contributed by atoms with Gasteiger partial charge in [-0.15, -0.1) is 5.10 Å². The molecular formula is C15H15N5O2S. The van der Waals surface area contributed by atoms with Gasteiger partial charge in [0.1, 0.15) is 12.0 Å². The van der Waals surface area contributed by atoms with E-state index >= 15 is 0 Å². The van der Waals surface area contributed by atoms with Gasteiger partial charge in [-0.25, -0.2) is 9.67 Å². The normalized spacial score (nSPS) is 14.1. The number of hydrogen-bond acceptors (Lipinski definition) is 7. The van der Waals surface area contributed by atoms with Crippen LogP contribution in [-0.2, 0) is 5.75 Å². The Hall–Kier alpha value is -2.35. The molecule has 8 heteroatoms. The average Bonchev–Trinajstić information content (AvgIpc) is 3.14. The average molecular weight is 329 g/mol. The van der Waals surface area contributed by atoms with Gasteiger partial charge in [-0.1, -0.05) is 11.8 Å². The molecule has 4 rings (SSSR count). The Morgan fingerprint density at radius 3 is 2.87 bits per heavy atom. The van der Waals surface area contributed by atoms with E-state index < -0.39 is 0 Å². The number of nitrogens with zero attached hydrogens (tertiary/aromatic N) is 5. The lowest BCUT2D eigenvalue weighted by Crippen LogP contribution is -1.98. The summed E-state index contributed by atoms with van der Waals surface area (Å²) in [5.74, 6) is 2.08. The number of methoxy groups -OCH3 is 1. The van der Waals surface area contributed by atoms with Crippen LogP contribution in [0.15, 0.2) is 40.1 Å². The smallest absolute Gasteiger partial charge is 0.226 e. The molecular weight excluding hydrogens is 314 g/mol. The summed E-state index contributed by atoms with van der Waals surface area (Å²) < 4.78 is 12.6. The van der Waals surface area contributed by atoms with Gasteiger partial charge in [0.05, 0.1) is 18.8 Å². The summed E-state index contributed by atoms with van der Waals surface area (Å²) in [6.45, 7) is 0. The van der Waals surface area contributed by atoms with Crippen LogP contribution < -0.4 is 4.74 Å². The molecule has 118 valence electrons. The largest absolute Gasteiger partial charge is 0.497 e. The van der Waals surface area contributed by atoms with Gasteiger partial charge in [0.15, 0.2) is 0 Å². The number of tetrazole rings is 1. The second kappa shape index (κ2) is 6.04. The standard InChI is InChI=1S/C15H15N5O2S/c1-21-13-6-2-10(3-7-13)14-16-11(8-22-14)9-23-15-17-18-19-20(15)12-4-5-12/h2-3,6-8,12H,4-5,9H2,1H3. The van der Waals surface area contributed by atoms with E-state index in [4.69, 9.17) is 9.15 Å². The first-order chi connectivity index (χ1) is 11.3. The predicted octanol–water partition coefficient (Wildman–Crippen LogP) is 2.96. The van der Waals surface area contributed by atoms with Crippen molar-refractivity contribution in [3.8, 4) is 17.2 Å². The molecule has 1 aliphatic carbocycles. The van der Waals surface area contributed by atoms with Crippen molar-refractivity contribution in [3.05, 3.63) is 36.2 Å². The molecule has 2 aromatic heterocycles. The van der Waals surface area contributed by atoms with Crippen molar-refractivity contribution >= 4 is 11.8 Å². The van der Waals surface area contributed by atoms with Crippen LogP contribution in [0.4, 0.5) is 0 Å². The van der Waals surface area contributed by atoms with Gasteiger partial charge in [-0.2, -0.15) is 0 Å². The van der Waals surface area contributed by atoms with Crippen LogP contribution in [0.2, 0.25) is 0 Å². The third-order valence-electron chi connectivity index (χ3n) is 3.59. The molecule has 0 atom stereocenters. The fraction of sp³-hybridized carbons (Fsp3) is 0.333. The van der Waals surface area contributed by atoms with E-state index in [0.717, 1.165) is 35.0 Å². The van der Waals surface area contributed by atoms with Crippen molar-refractivity contribution in [3.63, 3.8) is 0 Å². The Morgan fingerprint density at radius 2 is 2.13 bits per heavy atom. The summed E-state index contributed by atoms with van der Waals surface area (Å²) in [6.07, 6.45) is 3.99. The van der Waals surface area contributed by atoms with Crippen LogP contribution in [0.25, 0.3) is 11.5 Å². The maximum absolute atomic E-state index is 5.56. The fourth-order valence-corrected chi connectivity index (χ4v) is 3.03. The number of oxazole rings is 1. The number of benzene rings is 1. The summed E-state index contributed by atoms with van der Waals surface area (Å²) in [7, 11) is 1.64. The second-order valence-corrected chi connectivity index (χ2v) is 6.24.